The molecule has 2 aromatic rings. The van der Waals surface area contributed by atoms with E-state index < -0.39 is 0 Å². The molecule has 0 aliphatic rings. The van der Waals surface area contributed by atoms with Crippen LogP contribution in [0, 0.1) is 0 Å². The molecule has 0 atom stereocenters. The van der Waals surface area contributed by atoms with Gasteiger partial charge in [-0.1, -0.05) is 29.3 Å². The Morgan fingerprint density at radius 3 is 2.46 bits per heavy atom. The van der Waals surface area contributed by atoms with Crippen molar-refractivity contribution >= 4 is 33.3 Å². The maximum atomic E-state index is 12.6. The molecule has 0 saturated heterocycles. The predicted octanol–water partition coefficient (Wildman–Crippen LogP) is 5.08. The van der Waals surface area contributed by atoms with Gasteiger partial charge in [0.05, 0.1) is 12.2 Å². The first kappa shape index (κ1) is 18.2. The van der Waals surface area contributed by atoms with Crippen molar-refractivity contribution in [2.45, 2.75) is 26.7 Å². The Bertz CT molecular complexity index is 726. The van der Waals surface area contributed by atoms with Crippen molar-refractivity contribution in [1.82, 2.24) is 0 Å². The number of hydrogen-bond acceptors (Lipinski definition) is 3. The number of halogens is 1. The van der Waals surface area contributed by atoms with Crippen LogP contribution in [0.25, 0.3) is 0 Å². The number of carbonyl (C=O) groups excluding carboxylic acids is 2. The molecule has 0 aliphatic carbocycles. The standard InChI is InChI=1S/C19H20BrNO3/c1-3-4-11-24-18-10-7-15(20)12-17(18)19(23)21-16-8-5-14(6-9-16)13(2)22/h5-10,12H,3-4,11H2,1-2H3,(H,21,23). The summed E-state index contributed by atoms with van der Waals surface area (Å²) in [5.74, 6) is 0.300. The molecule has 1 N–H and O–H groups in total. The zero-order chi connectivity index (χ0) is 17.5. The van der Waals surface area contributed by atoms with Gasteiger partial charge in [0.15, 0.2) is 5.78 Å². The average Bonchev–Trinajstić information content (AvgIpc) is 2.56. The Labute approximate surface area is 150 Å². The number of nitrogens with one attached hydrogen (secondary N) is 1. The number of Topliss-reactive ketones (excluding diaryl/α,β-unsaturated/α-hetero) is 1. The monoisotopic (exact) mass is 389 g/mol. The van der Waals surface area contributed by atoms with E-state index in [9.17, 15) is 9.59 Å². The highest BCUT2D eigenvalue weighted by molar-refractivity contribution is 9.10. The number of hydrogen-bond donors (Lipinski definition) is 1. The minimum Gasteiger partial charge on any atom is -0.493 e. The Morgan fingerprint density at radius 1 is 1.12 bits per heavy atom. The largest absolute Gasteiger partial charge is 0.493 e. The number of benzene rings is 2. The van der Waals surface area contributed by atoms with Gasteiger partial charge in [0.2, 0.25) is 0 Å². The van der Waals surface area contributed by atoms with Gasteiger partial charge in [-0.3, -0.25) is 9.59 Å². The minimum absolute atomic E-state index is 0.00789. The van der Waals surface area contributed by atoms with Crippen molar-refractivity contribution in [3.63, 3.8) is 0 Å². The van der Waals surface area contributed by atoms with E-state index in [0.717, 1.165) is 17.3 Å². The summed E-state index contributed by atoms with van der Waals surface area (Å²) < 4.78 is 6.52. The molecule has 0 heterocycles. The van der Waals surface area contributed by atoms with Crippen LogP contribution >= 0.6 is 15.9 Å². The molecule has 0 bridgehead atoms. The number of ether oxygens (including phenoxy) is 1. The van der Waals surface area contributed by atoms with Crippen molar-refractivity contribution in [2.24, 2.45) is 0 Å². The highest BCUT2D eigenvalue weighted by Gasteiger charge is 2.14. The van der Waals surface area contributed by atoms with Crippen LogP contribution in [0.3, 0.4) is 0 Å². The number of unbranched alkanes of at least 4 members (excludes halogenated alkanes) is 1. The number of rotatable bonds is 7. The summed E-state index contributed by atoms with van der Waals surface area (Å²) in [5.41, 5.74) is 1.71. The van der Waals surface area contributed by atoms with E-state index in [-0.39, 0.29) is 11.7 Å². The molecule has 0 unspecified atom stereocenters. The molecule has 24 heavy (non-hydrogen) atoms. The third kappa shape index (κ3) is 4.93. The second kappa shape index (κ2) is 8.64. The van der Waals surface area contributed by atoms with Crippen LogP contribution in [0.5, 0.6) is 5.75 Å². The van der Waals surface area contributed by atoms with E-state index in [1.165, 1.54) is 6.92 Å². The number of amides is 1. The van der Waals surface area contributed by atoms with E-state index in [2.05, 4.69) is 28.2 Å². The first-order valence-corrected chi connectivity index (χ1v) is 8.65. The predicted molar refractivity (Wildman–Crippen MR) is 98.9 cm³/mol. The topological polar surface area (TPSA) is 55.4 Å². The lowest BCUT2D eigenvalue weighted by atomic mass is 10.1. The van der Waals surface area contributed by atoms with Gasteiger partial charge in [-0.15, -0.1) is 0 Å². The summed E-state index contributed by atoms with van der Waals surface area (Å²) in [4.78, 5) is 23.9. The van der Waals surface area contributed by atoms with Crippen LogP contribution in [0.4, 0.5) is 5.69 Å². The van der Waals surface area contributed by atoms with Gasteiger partial charge >= 0.3 is 0 Å². The van der Waals surface area contributed by atoms with Gasteiger partial charge in [0, 0.05) is 15.7 Å². The lowest BCUT2D eigenvalue weighted by Crippen LogP contribution is -2.14. The van der Waals surface area contributed by atoms with E-state index in [4.69, 9.17) is 4.74 Å². The fraction of sp³-hybridized carbons (Fsp3) is 0.263. The normalized spacial score (nSPS) is 10.3. The Morgan fingerprint density at radius 2 is 1.83 bits per heavy atom. The second-order valence-corrected chi connectivity index (χ2v) is 6.35. The molecule has 0 spiro atoms. The molecule has 0 aliphatic heterocycles. The van der Waals surface area contributed by atoms with Gasteiger partial charge in [-0.05, 0) is 55.8 Å². The van der Waals surface area contributed by atoms with Gasteiger partial charge in [0.1, 0.15) is 5.75 Å². The SMILES string of the molecule is CCCCOc1ccc(Br)cc1C(=O)Nc1ccc(C(C)=O)cc1. The maximum Gasteiger partial charge on any atom is 0.259 e. The molecule has 2 aromatic carbocycles. The zero-order valence-corrected chi connectivity index (χ0v) is 15.4. The summed E-state index contributed by atoms with van der Waals surface area (Å²) >= 11 is 3.38. The van der Waals surface area contributed by atoms with Crippen LogP contribution in [0.2, 0.25) is 0 Å². The van der Waals surface area contributed by atoms with Crippen LogP contribution in [-0.2, 0) is 0 Å². The van der Waals surface area contributed by atoms with E-state index in [0.29, 0.717) is 29.2 Å². The molecule has 2 rings (SSSR count). The fourth-order valence-corrected chi connectivity index (χ4v) is 2.48. The first-order chi connectivity index (χ1) is 11.5. The highest BCUT2D eigenvalue weighted by atomic mass is 79.9. The van der Waals surface area contributed by atoms with Gasteiger partial charge in [0.25, 0.3) is 5.91 Å². The van der Waals surface area contributed by atoms with Crippen LogP contribution < -0.4 is 10.1 Å². The van der Waals surface area contributed by atoms with E-state index >= 15 is 0 Å². The number of anilines is 1. The Balaban J connectivity index is 2.15. The first-order valence-electron chi connectivity index (χ1n) is 7.86. The lowest BCUT2D eigenvalue weighted by molar-refractivity contribution is 0.101. The molecule has 0 aromatic heterocycles. The number of carbonyl (C=O) groups is 2. The number of ketones is 1. The van der Waals surface area contributed by atoms with Gasteiger partial charge in [-0.25, -0.2) is 0 Å². The highest BCUT2D eigenvalue weighted by Crippen LogP contribution is 2.25. The quantitative estimate of drug-likeness (QED) is 0.530. The molecule has 126 valence electrons. The zero-order valence-electron chi connectivity index (χ0n) is 13.8. The molecular weight excluding hydrogens is 370 g/mol. The second-order valence-electron chi connectivity index (χ2n) is 5.43. The average molecular weight is 390 g/mol. The molecule has 0 fully saturated rings. The third-order valence-electron chi connectivity index (χ3n) is 3.49. The van der Waals surface area contributed by atoms with E-state index in [1.54, 1.807) is 36.4 Å². The summed E-state index contributed by atoms with van der Waals surface area (Å²) in [6, 6.07) is 12.2. The molecular formula is C19H20BrNO3. The van der Waals surface area contributed by atoms with Crippen LogP contribution in [0.15, 0.2) is 46.9 Å². The van der Waals surface area contributed by atoms with Gasteiger partial charge in [-0.2, -0.15) is 0 Å². The van der Waals surface area contributed by atoms with Gasteiger partial charge < -0.3 is 10.1 Å². The molecule has 1 amide bonds. The maximum absolute atomic E-state index is 12.6. The Hall–Kier alpha value is -2.14. The van der Waals surface area contributed by atoms with E-state index in [1.807, 2.05) is 6.07 Å². The minimum atomic E-state index is -0.252. The summed E-state index contributed by atoms with van der Waals surface area (Å²) in [7, 11) is 0. The summed E-state index contributed by atoms with van der Waals surface area (Å²) in [5, 5.41) is 2.83. The Kier molecular flexibility index (Phi) is 6.55. The third-order valence-corrected chi connectivity index (χ3v) is 3.98. The fourth-order valence-electron chi connectivity index (χ4n) is 2.12. The van der Waals surface area contributed by atoms with Crippen molar-refractivity contribution in [3.8, 4) is 5.75 Å². The van der Waals surface area contributed by atoms with Crippen molar-refractivity contribution in [3.05, 3.63) is 58.1 Å². The summed E-state index contributed by atoms with van der Waals surface area (Å²) in [6.07, 6.45) is 1.96. The molecule has 4 nitrogen and oxygen atoms in total. The van der Waals surface area contributed by atoms with Crippen molar-refractivity contribution in [2.75, 3.05) is 11.9 Å². The lowest BCUT2D eigenvalue weighted by Gasteiger charge is -2.12. The molecule has 0 radical (unpaired) electrons. The smallest absolute Gasteiger partial charge is 0.259 e. The van der Waals surface area contributed by atoms with Crippen LogP contribution in [0.1, 0.15) is 47.4 Å². The summed E-state index contributed by atoms with van der Waals surface area (Å²) in [6.45, 7) is 4.17. The molecule has 5 heteroatoms. The van der Waals surface area contributed by atoms with Crippen molar-refractivity contribution in [1.29, 1.82) is 0 Å². The van der Waals surface area contributed by atoms with Crippen LogP contribution in [-0.4, -0.2) is 18.3 Å². The van der Waals surface area contributed by atoms with Crippen molar-refractivity contribution < 1.29 is 14.3 Å². The molecule has 0 saturated carbocycles.